The summed E-state index contributed by atoms with van der Waals surface area (Å²) in [6, 6.07) is 11.5. The van der Waals surface area contributed by atoms with Crippen molar-refractivity contribution in [1.82, 2.24) is 15.3 Å². The summed E-state index contributed by atoms with van der Waals surface area (Å²) in [4.78, 5) is 44.2. The molecule has 0 bridgehead atoms. The molecule has 2 heterocycles. The third kappa shape index (κ3) is 6.75. The lowest BCUT2D eigenvalue weighted by Gasteiger charge is -2.14. The van der Waals surface area contributed by atoms with Crippen LogP contribution in [0.2, 0.25) is 5.02 Å². The zero-order valence-corrected chi connectivity index (χ0v) is 18.6. The van der Waals surface area contributed by atoms with Gasteiger partial charge in [-0.25, -0.2) is 9.97 Å². The van der Waals surface area contributed by atoms with Crippen LogP contribution in [0.15, 0.2) is 54.9 Å². The number of aryl methyl sites for hydroxylation is 1. The van der Waals surface area contributed by atoms with E-state index in [1.165, 1.54) is 12.4 Å². The van der Waals surface area contributed by atoms with E-state index in [-0.39, 0.29) is 11.4 Å². The first kappa shape index (κ1) is 23.7. The van der Waals surface area contributed by atoms with Crippen LogP contribution in [0.25, 0.3) is 0 Å². The van der Waals surface area contributed by atoms with E-state index >= 15 is 0 Å². The summed E-state index contributed by atoms with van der Waals surface area (Å²) < 4.78 is 5.76. The normalized spacial score (nSPS) is 10.2. The van der Waals surface area contributed by atoms with Crippen molar-refractivity contribution in [3.05, 3.63) is 76.7 Å². The minimum atomic E-state index is -0.538. The summed E-state index contributed by atoms with van der Waals surface area (Å²) >= 11 is 5.82. The first-order chi connectivity index (χ1) is 16.0. The van der Waals surface area contributed by atoms with Gasteiger partial charge in [-0.3, -0.25) is 14.4 Å². The molecule has 3 rings (SSSR count). The van der Waals surface area contributed by atoms with Gasteiger partial charge in [0, 0.05) is 18.9 Å². The highest BCUT2D eigenvalue weighted by Gasteiger charge is 2.18. The van der Waals surface area contributed by atoms with Crippen molar-refractivity contribution in [2.24, 2.45) is 0 Å². The second-order valence-corrected chi connectivity index (χ2v) is 7.38. The van der Waals surface area contributed by atoms with Gasteiger partial charge in [0.1, 0.15) is 11.6 Å². The molecule has 2 aromatic heterocycles. The van der Waals surface area contributed by atoms with Crippen LogP contribution in [0.4, 0.5) is 11.5 Å². The van der Waals surface area contributed by atoms with Gasteiger partial charge >= 0.3 is 0 Å². The predicted octanol–water partition coefficient (Wildman–Crippen LogP) is 3.46. The molecule has 33 heavy (non-hydrogen) atoms. The maximum absolute atomic E-state index is 13.0. The number of amides is 3. The smallest absolute Gasteiger partial charge is 0.277 e. The Balaban J connectivity index is 1.75. The molecule has 10 heteroatoms. The largest absolute Gasteiger partial charge is 0.493 e. The monoisotopic (exact) mass is 467 g/mol. The molecule has 3 aromatic rings. The molecule has 0 aliphatic carbocycles. The maximum atomic E-state index is 13.0. The molecule has 0 aliphatic heterocycles. The number of rotatable bonds is 10. The molecule has 3 N–H and O–H groups in total. The predicted molar refractivity (Wildman–Crippen MR) is 125 cm³/mol. The number of pyridine rings is 2. The van der Waals surface area contributed by atoms with Crippen LogP contribution in [0.3, 0.4) is 0 Å². The average molecular weight is 468 g/mol. The van der Waals surface area contributed by atoms with Gasteiger partial charge in [0.25, 0.3) is 11.8 Å². The molecule has 9 nitrogen and oxygen atoms in total. The van der Waals surface area contributed by atoms with E-state index in [1.54, 1.807) is 42.5 Å². The van der Waals surface area contributed by atoms with E-state index in [0.29, 0.717) is 48.1 Å². The SMILES string of the molecule is Cc1ccc(C(=O)Nc2cccnc2C(=O)Nc2ccc(Cl)cn2)c(OCCCNC=O)c1. The zero-order chi connectivity index (χ0) is 23.6. The van der Waals surface area contributed by atoms with Crippen molar-refractivity contribution in [3.8, 4) is 5.75 Å². The minimum absolute atomic E-state index is 0.0251. The third-order valence-corrected chi connectivity index (χ3v) is 4.65. The maximum Gasteiger partial charge on any atom is 0.277 e. The number of carbonyl (C=O) groups is 3. The summed E-state index contributed by atoms with van der Waals surface area (Å²) in [5.74, 6) is -0.295. The van der Waals surface area contributed by atoms with E-state index in [2.05, 4.69) is 25.9 Å². The van der Waals surface area contributed by atoms with Crippen molar-refractivity contribution < 1.29 is 19.1 Å². The van der Waals surface area contributed by atoms with Gasteiger partial charge in [-0.1, -0.05) is 17.7 Å². The van der Waals surface area contributed by atoms with Crippen molar-refractivity contribution in [3.63, 3.8) is 0 Å². The summed E-state index contributed by atoms with van der Waals surface area (Å²) in [6.45, 7) is 2.67. The Morgan fingerprint density at radius 3 is 2.70 bits per heavy atom. The molecule has 0 unspecified atom stereocenters. The Morgan fingerprint density at radius 1 is 1.09 bits per heavy atom. The number of aromatic nitrogens is 2. The number of ether oxygens (including phenoxy) is 1. The van der Waals surface area contributed by atoms with Crippen molar-refractivity contribution in [1.29, 1.82) is 0 Å². The van der Waals surface area contributed by atoms with E-state index in [4.69, 9.17) is 16.3 Å². The number of nitrogens with one attached hydrogen (secondary N) is 3. The molecule has 0 aliphatic rings. The highest BCUT2D eigenvalue weighted by atomic mass is 35.5. The lowest BCUT2D eigenvalue weighted by atomic mass is 10.1. The average Bonchev–Trinajstić information content (AvgIpc) is 2.81. The molecule has 0 saturated heterocycles. The van der Waals surface area contributed by atoms with Crippen LogP contribution in [0.5, 0.6) is 5.75 Å². The second kappa shape index (κ2) is 11.6. The fourth-order valence-corrected chi connectivity index (χ4v) is 2.97. The van der Waals surface area contributed by atoms with Crippen molar-refractivity contribution in [2.75, 3.05) is 23.8 Å². The van der Waals surface area contributed by atoms with Crippen molar-refractivity contribution in [2.45, 2.75) is 13.3 Å². The minimum Gasteiger partial charge on any atom is -0.493 e. The van der Waals surface area contributed by atoms with E-state index < -0.39 is 11.8 Å². The number of carbonyl (C=O) groups excluding carboxylic acids is 3. The Morgan fingerprint density at radius 2 is 1.94 bits per heavy atom. The number of hydrogen-bond donors (Lipinski definition) is 3. The molecule has 0 atom stereocenters. The molecule has 0 spiro atoms. The Hall–Kier alpha value is -3.98. The fourth-order valence-electron chi connectivity index (χ4n) is 2.85. The summed E-state index contributed by atoms with van der Waals surface area (Å²) in [5, 5.41) is 8.35. The highest BCUT2D eigenvalue weighted by Crippen LogP contribution is 2.23. The third-order valence-electron chi connectivity index (χ3n) is 4.43. The first-order valence-corrected chi connectivity index (χ1v) is 10.5. The molecule has 0 saturated carbocycles. The van der Waals surface area contributed by atoms with E-state index in [0.717, 1.165) is 5.56 Å². The molecule has 0 radical (unpaired) electrons. The molecular weight excluding hydrogens is 446 g/mol. The van der Waals surface area contributed by atoms with E-state index in [1.807, 2.05) is 6.92 Å². The van der Waals surface area contributed by atoms with Crippen LogP contribution in [0, 0.1) is 6.92 Å². The summed E-state index contributed by atoms with van der Waals surface area (Å²) in [6.07, 6.45) is 4.06. The van der Waals surface area contributed by atoms with Gasteiger partial charge < -0.3 is 20.7 Å². The number of nitrogens with zero attached hydrogens (tertiary/aromatic N) is 2. The van der Waals surface area contributed by atoms with Crippen LogP contribution < -0.4 is 20.7 Å². The molecule has 170 valence electrons. The van der Waals surface area contributed by atoms with Crippen LogP contribution >= 0.6 is 11.6 Å². The van der Waals surface area contributed by atoms with Gasteiger partial charge in [-0.05, 0) is 55.3 Å². The standard InChI is InChI=1S/C23H22ClN5O4/c1-15-5-7-17(19(12-15)33-11-3-9-25-14-30)22(31)28-18-4-2-10-26-21(18)23(32)29-20-8-6-16(24)13-27-20/h2,4-8,10,12-14H,3,9,11H2,1H3,(H,25,30)(H,28,31)(H,27,29,32). The second-order valence-electron chi connectivity index (χ2n) is 6.94. The number of hydrogen-bond acceptors (Lipinski definition) is 6. The van der Waals surface area contributed by atoms with E-state index in [9.17, 15) is 14.4 Å². The number of anilines is 2. The lowest BCUT2D eigenvalue weighted by Crippen LogP contribution is -2.20. The quantitative estimate of drug-likeness (QED) is 0.310. The van der Waals surface area contributed by atoms with Crippen molar-refractivity contribution >= 4 is 41.3 Å². The van der Waals surface area contributed by atoms with Gasteiger partial charge in [-0.2, -0.15) is 0 Å². The molecule has 0 fully saturated rings. The molecule has 1 aromatic carbocycles. The zero-order valence-electron chi connectivity index (χ0n) is 17.8. The van der Waals surface area contributed by atoms with Gasteiger partial charge in [0.05, 0.1) is 22.9 Å². The molecular formula is C23H22ClN5O4. The summed E-state index contributed by atoms with van der Waals surface area (Å²) in [7, 11) is 0. The Labute approximate surface area is 195 Å². The van der Waals surface area contributed by atoms with Crippen LogP contribution in [-0.4, -0.2) is 41.3 Å². The number of benzene rings is 1. The van der Waals surface area contributed by atoms with Crippen LogP contribution in [0.1, 0.15) is 32.8 Å². The first-order valence-electron chi connectivity index (χ1n) is 10.1. The topological polar surface area (TPSA) is 122 Å². The van der Waals surface area contributed by atoms with Crippen LogP contribution in [-0.2, 0) is 4.79 Å². The molecule has 3 amide bonds. The van der Waals surface area contributed by atoms with Gasteiger partial charge in [0.2, 0.25) is 6.41 Å². The number of halogens is 1. The Kier molecular flexibility index (Phi) is 8.31. The summed E-state index contributed by atoms with van der Waals surface area (Å²) in [5.41, 5.74) is 1.48. The van der Waals surface area contributed by atoms with Gasteiger partial charge in [0.15, 0.2) is 5.69 Å². The van der Waals surface area contributed by atoms with Gasteiger partial charge in [-0.15, -0.1) is 0 Å². The Bertz CT molecular complexity index is 1140. The lowest BCUT2D eigenvalue weighted by molar-refractivity contribution is -0.109. The highest BCUT2D eigenvalue weighted by molar-refractivity contribution is 6.30. The fraction of sp³-hybridized carbons (Fsp3) is 0.174.